The van der Waals surface area contributed by atoms with Crippen LogP contribution in [-0.2, 0) is 19.5 Å². The first-order valence-electron chi connectivity index (χ1n) is 10.4. The number of benzene rings is 1. The predicted octanol–water partition coefficient (Wildman–Crippen LogP) is 2.24. The summed E-state index contributed by atoms with van der Waals surface area (Å²) in [6.07, 6.45) is 2.67. The summed E-state index contributed by atoms with van der Waals surface area (Å²) in [5, 5.41) is 7.44. The number of aromatic nitrogens is 3. The van der Waals surface area contributed by atoms with Crippen molar-refractivity contribution in [2.75, 3.05) is 37.6 Å². The van der Waals surface area contributed by atoms with Crippen LogP contribution in [0, 0.1) is 0 Å². The molecule has 3 heterocycles. The number of hydrogen-bond donors (Lipinski definition) is 2. The third kappa shape index (κ3) is 5.12. The lowest BCUT2D eigenvalue weighted by Crippen LogP contribution is -2.43. The molecule has 0 radical (unpaired) electrons. The second-order valence-electron chi connectivity index (χ2n) is 7.54. The summed E-state index contributed by atoms with van der Waals surface area (Å²) in [6.45, 7) is 4.79. The van der Waals surface area contributed by atoms with Gasteiger partial charge in [0, 0.05) is 54.7 Å². The zero-order valence-corrected chi connectivity index (χ0v) is 18.2. The van der Waals surface area contributed by atoms with Crippen molar-refractivity contribution < 1.29 is 4.39 Å². The predicted molar refractivity (Wildman–Crippen MR) is 123 cm³/mol. The zero-order valence-electron chi connectivity index (χ0n) is 17.3. The number of aryl methyl sites for hydroxylation is 2. The molecule has 0 amide bonds. The minimum atomic E-state index is -0.256. The molecule has 4 rings (SSSR count). The second-order valence-corrected chi connectivity index (χ2v) is 8.70. The Balaban J connectivity index is 1.37. The van der Waals surface area contributed by atoms with Crippen molar-refractivity contribution in [3.8, 4) is 10.4 Å². The van der Waals surface area contributed by atoms with Crippen LogP contribution in [0.4, 0.5) is 10.1 Å². The van der Waals surface area contributed by atoms with Crippen LogP contribution in [0.2, 0.25) is 0 Å². The molecule has 7 nitrogen and oxygen atoms in total. The number of thiophene rings is 1. The summed E-state index contributed by atoms with van der Waals surface area (Å²) < 4.78 is 15.5. The maximum Gasteiger partial charge on any atom is 0.346 e. The van der Waals surface area contributed by atoms with Crippen LogP contribution >= 0.6 is 11.3 Å². The van der Waals surface area contributed by atoms with Crippen LogP contribution in [0.5, 0.6) is 0 Å². The van der Waals surface area contributed by atoms with E-state index in [0.29, 0.717) is 18.4 Å². The van der Waals surface area contributed by atoms with Crippen LogP contribution in [0.3, 0.4) is 0 Å². The number of nitrogens with zero attached hydrogens (tertiary/aromatic N) is 4. The minimum Gasteiger partial charge on any atom is -0.369 e. The van der Waals surface area contributed by atoms with E-state index in [1.807, 2.05) is 0 Å². The van der Waals surface area contributed by atoms with Gasteiger partial charge in [-0.05, 0) is 41.8 Å². The Morgan fingerprint density at radius 1 is 1.19 bits per heavy atom. The SMILES string of the molecule is NC/C(=C\F)Cn1ncn(CCc2ccc(-c3ccc(N4CCNCC4)cc3)s2)c1=O. The van der Waals surface area contributed by atoms with Crippen molar-refractivity contribution >= 4 is 17.0 Å². The number of rotatable bonds is 8. The molecule has 164 valence electrons. The van der Waals surface area contributed by atoms with Crippen molar-refractivity contribution in [2.45, 2.75) is 19.5 Å². The largest absolute Gasteiger partial charge is 0.369 e. The molecule has 2 aromatic heterocycles. The highest BCUT2D eigenvalue weighted by Crippen LogP contribution is 2.30. The summed E-state index contributed by atoms with van der Waals surface area (Å²) in [4.78, 5) is 17.2. The van der Waals surface area contributed by atoms with Crippen molar-refractivity contribution in [1.29, 1.82) is 0 Å². The summed E-state index contributed by atoms with van der Waals surface area (Å²) in [5.41, 5.74) is 8.00. The molecule has 1 aliphatic rings. The maximum absolute atomic E-state index is 12.7. The molecule has 1 fully saturated rings. The van der Waals surface area contributed by atoms with Crippen molar-refractivity contribution in [2.24, 2.45) is 5.73 Å². The lowest BCUT2D eigenvalue weighted by Gasteiger charge is -2.29. The summed E-state index contributed by atoms with van der Waals surface area (Å²) in [7, 11) is 0. The molecule has 1 aliphatic heterocycles. The maximum atomic E-state index is 12.7. The number of piperazine rings is 1. The van der Waals surface area contributed by atoms with Gasteiger partial charge in [0.1, 0.15) is 6.33 Å². The monoisotopic (exact) mass is 442 g/mol. The van der Waals surface area contributed by atoms with Gasteiger partial charge in [-0.25, -0.2) is 13.9 Å². The quantitative estimate of drug-likeness (QED) is 0.559. The average Bonchev–Trinajstić information content (AvgIpc) is 3.43. The number of hydrogen-bond acceptors (Lipinski definition) is 6. The van der Waals surface area contributed by atoms with Gasteiger partial charge >= 0.3 is 5.69 Å². The molecule has 1 aromatic carbocycles. The van der Waals surface area contributed by atoms with E-state index in [-0.39, 0.29) is 18.8 Å². The van der Waals surface area contributed by atoms with Gasteiger partial charge in [-0.1, -0.05) is 12.1 Å². The van der Waals surface area contributed by atoms with Crippen LogP contribution in [0.15, 0.2) is 59.4 Å². The first kappa shape index (κ1) is 21.5. The number of anilines is 1. The summed E-state index contributed by atoms with van der Waals surface area (Å²) >= 11 is 1.74. The molecule has 31 heavy (non-hydrogen) atoms. The molecule has 0 saturated carbocycles. The molecular weight excluding hydrogens is 415 g/mol. The number of nitrogens with one attached hydrogen (secondary N) is 1. The third-order valence-electron chi connectivity index (χ3n) is 5.46. The highest BCUT2D eigenvalue weighted by Gasteiger charge is 2.11. The minimum absolute atomic E-state index is 0.0595. The van der Waals surface area contributed by atoms with Gasteiger partial charge < -0.3 is 16.0 Å². The van der Waals surface area contributed by atoms with E-state index in [1.54, 1.807) is 15.9 Å². The third-order valence-corrected chi connectivity index (χ3v) is 6.66. The van der Waals surface area contributed by atoms with Crippen molar-refractivity contribution in [1.82, 2.24) is 19.7 Å². The Kier molecular flexibility index (Phi) is 6.96. The Labute approximate surface area is 184 Å². The molecule has 0 atom stereocenters. The fourth-order valence-electron chi connectivity index (χ4n) is 3.63. The van der Waals surface area contributed by atoms with Gasteiger partial charge in [-0.2, -0.15) is 5.10 Å². The van der Waals surface area contributed by atoms with Gasteiger partial charge in [0.25, 0.3) is 0 Å². The Hall–Kier alpha value is -2.75. The molecule has 1 saturated heterocycles. The van der Waals surface area contributed by atoms with Gasteiger partial charge in [-0.3, -0.25) is 4.57 Å². The molecule has 0 bridgehead atoms. The fourth-order valence-corrected chi connectivity index (χ4v) is 4.63. The van der Waals surface area contributed by atoms with Gasteiger partial charge in [-0.15, -0.1) is 11.3 Å². The standard InChI is InChI=1S/C22H27FN6OS/c23-13-17(14-24)15-29-22(30)28(16-26-29)10-7-20-5-6-21(31-20)18-1-3-19(4-2-18)27-11-8-25-9-12-27/h1-6,13,16,25H,7-12,14-15,24H2/b17-13+. The lowest BCUT2D eigenvalue weighted by atomic mass is 10.1. The number of nitrogens with two attached hydrogens (primary N) is 1. The summed E-state index contributed by atoms with van der Waals surface area (Å²) in [6, 6.07) is 13.0. The van der Waals surface area contributed by atoms with Crippen LogP contribution in [-0.4, -0.2) is 47.1 Å². The smallest absolute Gasteiger partial charge is 0.346 e. The Morgan fingerprint density at radius 3 is 2.68 bits per heavy atom. The van der Waals surface area contributed by atoms with Gasteiger partial charge in [0.15, 0.2) is 0 Å². The first-order valence-corrected chi connectivity index (χ1v) is 11.2. The first-order chi connectivity index (χ1) is 15.2. The fraction of sp³-hybridized carbons (Fsp3) is 0.364. The van der Waals surface area contributed by atoms with E-state index in [2.05, 4.69) is 51.7 Å². The van der Waals surface area contributed by atoms with E-state index in [4.69, 9.17) is 5.73 Å². The Morgan fingerprint density at radius 2 is 1.97 bits per heavy atom. The highest BCUT2D eigenvalue weighted by atomic mass is 32.1. The Bertz CT molecular complexity index is 1080. The molecule has 9 heteroatoms. The van der Waals surface area contributed by atoms with E-state index in [9.17, 15) is 9.18 Å². The molecular formula is C22H27FN6OS. The van der Waals surface area contributed by atoms with Crippen molar-refractivity contribution in [3.63, 3.8) is 0 Å². The van der Waals surface area contributed by atoms with Crippen LogP contribution in [0.1, 0.15) is 4.88 Å². The lowest BCUT2D eigenvalue weighted by molar-refractivity contribution is 0.589. The molecule has 0 aliphatic carbocycles. The number of halogens is 1. The molecule has 3 N–H and O–H groups in total. The molecule has 3 aromatic rings. The topological polar surface area (TPSA) is 81.1 Å². The molecule has 0 spiro atoms. The highest BCUT2D eigenvalue weighted by molar-refractivity contribution is 7.15. The van der Waals surface area contributed by atoms with Crippen LogP contribution < -0.4 is 21.6 Å². The van der Waals surface area contributed by atoms with E-state index in [1.165, 1.54) is 32.0 Å². The average molecular weight is 443 g/mol. The van der Waals surface area contributed by atoms with E-state index >= 15 is 0 Å². The van der Waals surface area contributed by atoms with Crippen molar-refractivity contribution in [3.05, 3.63) is 70.0 Å². The zero-order chi connectivity index (χ0) is 21.6. The van der Waals surface area contributed by atoms with Gasteiger partial charge in [0.05, 0.1) is 12.9 Å². The second kappa shape index (κ2) is 10.0. The normalized spacial score (nSPS) is 14.9. The van der Waals surface area contributed by atoms with Gasteiger partial charge in [0.2, 0.25) is 0 Å². The van der Waals surface area contributed by atoms with E-state index < -0.39 is 0 Å². The van der Waals surface area contributed by atoms with E-state index in [0.717, 1.165) is 32.6 Å². The molecule has 0 unspecified atom stereocenters. The van der Waals surface area contributed by atoms with Crippen LogP contribution in [0.25, 0.3) is 10.4 Å². The summed E-state index contributed by atoms with van der Waals surface area (Å²) in [5.74, 6) is 0.